The van der Waals surface area contributed by atoms with Crippen LogP contribution in [0.2, 0.25) is 5.02 Å². The minimum absolute atomic E-state index is 0.174. The Morgan fingerprint density at radius 3 is 2.58 bits per heavy atom. The number of alkyl halides is 5. The summed E-state index contributed by atoms with van der Waals surface area (Å²) in [7, 11) is 1.15. The summed E-state index contributed by atoms with van der Waals surface area (Å²) in [5.74, 6) is -3.52. The number of anilines is 1. The maximum absolute atomic E-state index is 14.7. The van der Waals surface area contributed by atoms with E-state index in [4.69, 9.17) is 32.5 Å². The number of nitrogen functional groups attached to an aromatic ring is 1. The molecule has 1 aromatic heterocycles. The van der Waals surface area contributed by atoms with Gasteiger partial charge in [-0.2, -0.15) is 22.0 Å². The average molecular weight is 660 g/mol. The highest BCUT2D eigenvalue weighted by atomic mass is 35.5. The number of hydrogen-bond acceptors (Lipinski definition) is 8. The molecule has 0 bridgehead atoms. The van der Waals surface area contributed by atoms with E-state index in [-0.39, 0.29) is 39.4 Å². The van der Waals surface area contributed by atoms with Crippen LogP contribution in [-0.2, 0) is 15.8 Å². The van der Waals surface area contributed by atoms with Crippen molar-refractivity contribution >= 4 is 35.3 Å². The van der Waals surface area contributed by atoms with Crippen molar-refractivity contribution in [1.29, 1.82) is 0 Å². The number of carbonyl (C=O) groups is 2. The number of primary amides is 1. The zero-order chi connectivity index (χ0) is 33.5. The molecule has 17 heteroatoms. The van der Waals surface area contributed by atoms with Crippen molar-refractivity contribution in [2.24, 2.45) is 10.7 Å². The summed E-state index contributed by atoms with van der Waals surface area (Å²) in [5.41, 5.74) is 3.02. The van der Waals surface area contributed by atoms with Gasteiger partial charge in [0.25, 0.3) is 5.91 Å². The van der Waals surface area contributed by atoms with Crippen molar-refractivity contribution in [2.45, 2.75) is 30.7 Å². The van der Waals surface area contributed by atoms with Crippen molar-refractivity contribution in [1.82, 2.24) is 10.3 Å². The number of aliphatic hydroxyl groups is 1. The first kappa shape index (κ1) is 33.3. The molecular weight excluding hydrogens is 636 g/mol. The van der Waals surface area contributed by atoms with E-state index >= 15 is 0 Å². The molecule has 4 rings (SSSR count). The van der Waals surface area contributed by atoms with Gasteiger partial charge in [0.1, 0.15) is 35.0 Å². The van der Waals surface area contributed by atoms with Gasteiger partial charge in [0.05, 0.1) is 30.1 Å². The van der Waals surface area contributed by atoms with Gasteiger partial charge >= 0.3 is 12.7 Å². The molecule has 0 radical (unpaired) electrons. The van der Waals surface area contributed by atoms with Gasteiger partial charge in [0.15, 0.2) is 0 Å². The number of nitrogens with zero attached hydrogens (tertiary/aromatic N) is 2. The molecule has 6 N–H and O–H groups in total. The van der Waals surface area contributed by atoms with Crippen LogP contribution in [0.3, 0.4) is 0 Å². The second-order valence-electron chi connectivity index (χ2n) is 10.1. The second kappa shape index (κ2) is 12.1. The van der Waals surface area contributed by atoms with E-state index in [1.54, 1.807) is 0 Å². The van der Waals surface area contributed by atoms with Gasteiger partial charge in [-0.15, -0.1) is 0 Å². The smallest absolute Gasteiger partial charge is 0.424 e. The number of pyridine rings is 1. The SMILES string of the molecule is COc1cc(C(=O)NC[C@](O)(c2cc3c(c(-c4cccc(F)c4Cl)n2)OC[C@]3(C)C(N)=O)C(F)(F)F)cc(/C=N/C(F)F)c1N. The fraction of sp³-hybridized carbons (Fsp3) is 0.286. The van der Waals surface area contributed by atoms with Gasteiger partial charge in [-0.05, 0) is 31.2 Å². The number of halogens is 7. The van der Waals surface area contributed by atoms with Crippen LogP contribution in [0.4, 0.5) is 32.0 Å². The van der Waals surface area contributed by atoms with Gasteiger partial charge in [0, 0.05) is 28.5 Å². The Kier molecular flexibility index (Phi) is 8.95. The molecule has 1 aliphatic rings. The largest absolute Gasteiger partial charge is 0.495 e. The summed E-state index contributed by atoms with van der Waals surface area (Å²) in [4.78, 5) is 32.3. The monoisotopic (exact) mass is 659 g/mol. The number of amides is 2. The van der Waals surface area contributed by atoms with Crippen LogP contribution < -0.4 is 26.3 Å². The van der Waals surface area contributed by atoms with Gasteiger partial charge in [0.2, 0.25) is 11.5 Å². The Morgan fingerprint density at radius 1 is 1.29 bits per heavy atom. The van der Waals surface area contributed by atoms with Gasteiger partial charge in [-0.25, -0.2) is 14.4 Å². The molecule has 0 fully saturated rings. The molecular formula is C28H24ClF6N5O5. The summed E-state index contributed by atoms with van der Waals surface area (Å²) in [5, 5.41) is 12.6. The summed E-state index contributed by atoms with van der Waals surface area (Å²) in [6.07, 6.45) is -4.86. The molecule has 0 saturated carbocycles. The van der Waals surface area contributed by atoms with E-state index < -0.39 is 70.9 Å². The molecule has 2 atom stereocenters. The fourth-order valence-electron chi connectivity index (χ4n) is 4.51. The first-order chi connectivity index (χ1) is 20.9. The van der Waals surface area contributed by atoms with Crippen LogP contribution in [0.15, 0.2) is 41.4 Å². The van der Waals surface area contributed by atoms with E-state index in [1.165, 1.54) is 19.1 Å². The van der Waals surface area contributed by atoms with Crippen molar-refractivity contribution in [3.8, 4) is 22.8 Å². The normalized spacial score (nSPS) is 17.6. The minimum Gasteiger partial charge on any atom is -0.495 e. The first-order valence-corrected chi connectivity index (χ1v) is 13.1. The third-order valence-electron chi connectivity index (χ3n) is 7.20. The number of aliphatic imine (C=N–C) groups is 1. The Hall–Kier alpha value is -4.57. The molecule has 10 nitrogen and oxygen atoms in total. The maximum atomic E-state index is 14.7. The molecule has 0 spiro atoms. The molecule has 3 aromatic rings. The number of methoxy groups -OCH3 is 1. The van der Waals surface area contributed by atoms with Crippen molar-refractivity contribution in [3.05, 3.63) is 69.6 Å². The van der Waals surface area contributed by atoms with Gasteiger partial charge in [-0.1, -0.05) is 23.7 Å². The lowest BCUT2D eigenvalue weighted by Gasteiger charge is -2.31. The molecule has 0 unspecified atom stereocenters. The van der Waals surface area contributed by atoms with Crippen LogP contribution in [0, 0.1) is 5.82 Å². The Bertz CT molecular complexity index is 1710. The summed E-state index contributed by atoms with van der Waals surface area (Å²) >= 11 is 6.10. The number of ether oxygens (including phenoxy) is 2. The molecule has 0 saturated heterocycles. The molecule has 1 aliphatic heterocycles. The van der Waals surface area contributed by atoms with E-state index in [9.17, 15) is 41.0 Å². The van der Waals surface area contributed by atoms with Crippen LogP contribution in [0.25, 0.3) is 11.3 Å². The van der Waals surface area contributed by atoms with Crippen LogP contribution in [0.1, 0.15) is 34.1 Å². The quantitative estimate of drug-likeness (QED) is 0.116. The summed E-state index contributed by atoms with van der Waals surface area (Å²) in [6.45, 7) is -3.79. The summed E-state index contributed by atoms with van der Waals surface area (Å²) < 4.78 is 94.2. The highest BCUT2D eigenvalue weighted by molar-refractivity contribution is 6.33. The van der Waals surface area contributed by atoms with E-state index in [1.807, 2.05) is 5.32 Å². The number of carbonyl (C=O) groups excluding carboxylic acids is 2. The molecule has 45 heavy (non-hydrogen) atoms. The maximum Gasteiger partial charge on any atom is 0.424 e. The van der Waals surface area contributed by atoms with Crippen molar-refractivity contribution in [2.75, 3.05) is 26.0 Å². The zero-order valence-electron chi connectivity index (χ0n) is 23.3. The van der Waals surface area contributed by atoms with Gasteiger partial charge in [-0.3, -0.25) is 9.59 Å². The molecule has 240 valence electrons. The number of benzene rings is 2. The number of hydrogen-bond donors (Lipinski definition) is 4. The third kappa shape index (κ3) is 6.07. The average Bonchev–Trinajstić information content (AvgIpc) is 3.33. The van der Waals surface area contributed by atoms with Crippen LogP contribution >= 0.6 is 11.6 Å². The van der Waals surface area contributed by atoms with E-state index in [0.717, 1.165) is 31.4 Å². The molecule has 2 heterocycles. The lowest BCUT2D eigenvalue weighted by atomic mass is 9.81. The lowest BCUT2D eigenvalue weighted by Crippen LogP contribution is -2.51. The molecule has 2 amide bonds. The number of nitrogens with one attached hydrogen (secondary N) is 1. The fourth-order valence-corrected chi connectivity index (χ4v) is 4.72. The topological polar surface area (TPSA) is 162 Å². The third-order valence-corrected chi connectivity index (χ3v) is 7.59. The number of aromatic nitrogens is 1. The van der Waals surface area contributed by atoms with E-state index in [2.05, 4.69) is 9.98 Å². The Balaban J connectivity index is 1.83. The van der Waals surface area contributed by atoms with Crippen molar-refractivity contribution < 1.29 is 50.5 Å². The number of rotatable bonds is 9. The standard InChI is InChI=1S/C28H24ClF6N5O5/c1-26(24(37)42)11-45-22-15(26)8-18(40-21(22)14-4-3-5-16(30)19(14)29)27(43,28(33,34)35)10-39-23(41)12-6-13(9-38-25(31)32)20(36)17(7-12)44-2/h3-9,25,43H,10-11,36H2,1-2H3,(H2,37,42)(H,39,41)/b38-9+/t26-,27-/m0/s1. The predicted octanol–water partition coefficient (Wildman–Crippen LogP) is 4.09. The predicted molar refractivity (Wildman–Crippen MR) is 150 cm³/mol. The van der Waals surface area contributed by atoms with Crippen LogP contribution in [-0.4, -0.2) is 61.1 Å². The summed E-state index contributed by atoms with van der Waals surface area (Å²) in [6, 6.07) is 6.19. The first-order valence-electron chi connectivity index (χ1n) is 12.7. The van der Waals surface area contributed by atoms with Crippen molar-refractivity contribution in [3.63, 3.8) is 0 Å². The molecule has 2 aromatic carbocycles. The Morgan fingerprint density at radius 2 is 1.98 bits per heavy atom. The number of nitrogens with two attached hydrogens (primary N) is 2. The zero-order valence-corrected chi connectivity index (χ0v) is 24.1. The second-order valence-corrected chi connectivity index (χ2v) is 10.5. The highest BCUT2D eigenvalue weighted by Crippen LogP contribution is 2.49. The van der Waals surface area contributed by atoms with Gasteiger partial charge < -0.3 is 31.4 Å². The lowest BCUT2D eigenvalue weighted by molar-refractivity contribution is -0.265. The number of fused-ring (bicyclic) bond motifs is 1. The van der Waals surface area contributed by atoms with E-state index in [0.29, 0.717) is 6.21 Å². The van der Waals surface area contributed by atoms with Crippen LogP contribution in [0.5, 0.6) is 11.5 Å². The molecule has 0 aliphatic carbocycles. The Labute approximate surface area is 256 Å². The minimum atomic E-state index is -5.51. The highest BCUT2D eigenvalue weighted by Gasteiger charge is 2.57.